The van der Waals surface area contributed by atoms with Gasteiger partial charge in [-0.15, -0.1) is 0 Å². The number of carbonyl (C=O) groups excluding carboxylic acids is 2. The zero-order valence-corrected chi connectivity index (χ0v) is 23.4. The summed E-state index contributed by atoms with van der Waals surface area (Å²) in [5, 5.41) is 0. The van der Waals surface area contributed by atoms with Crippen molar-refractivity contribution in [1.29, 1.82) is 0 Å². The van der Waals surface area contributed by atoms with Crippen LogP contribution >= 0.6 is 0 Å². The third-order valence-electron chi connectivity index (χ3n) is 6.59. The number of ketones is 2. The fourth-order valence-electron chi connectivity index (χ4n) is 4.45. The van der Waals surface area contributed by atoms with Gasteiger partial charge in [0.05, 0.1) is 43.8 Å². The summed E-state index contributed by atoms with van der Waals surface area (Å²) < 4.78 is 133. The van der Waals surface area contributed by atoms with E-state index in [9.17, 15) is 52.8 Å². The van der Waals surface area contributed by atoms with Crippen molar-refractivity contribution in [3.8, 4) is 0 Å². The van der Waals surface area contributed by atoms with Crippen LogP contribution in [0.1, 0.15) is 54.6 Å². The van der Waals surface area contributed by atoms with Crippen LogP contribution in [-0.4, -0.2) is 38.4 Å². The number of rotatable bonds is 6. The molecule has 0 saturated carbocycles. The number of fused-ring (bicyclic) bond motifs is 2. The molecule has 0 radical (unpaired) electrons. The summed E-state index contributed by atoms with van der Waals surface area (Å²) in [6, 6.07) is 10.8. The highest BCUT2D eigenvalue weighted by Gasteiger charge is 2.37. The molecular formula is C28H16F6N2O6S2. The van der Waals surface area contributed by atoms with E-state index >= 15 is 0 Å². The molecule has 4 aromatic rings. The van der Waals surface area contributed by atoms with Crippen LogP contribution in [0, 0.1) is 0 Å². The molecular weight excluding hydrogens is 638 g/mol. The van der Waals surface area contributed by atoms with Gasteiger partial charge in [0.1, 0.15) is 11.4 Å². The van der Waals surface area contributed by atoms with Crippen LogP contribution < -0.4 is 0 Å². The average Bonchev–Trinajstić information content (AvgIpc) is 2.95. The number of aromatic nitrogens is 2. The van der Waals surface area contributed by atoms with Crippen molar-refractivity contribution < 1.29 is 52.8 Å². The van der Waals surface area contributed by atoms with E-state index in [0.29, 0.717) is 24.3 Å². The number of carbonyl (C=O) groups is 2. The van der Waals surface area contributed by atoms with Crippen molar-refractivity contribution >= 4 is 31.2 Å². The highest BCUT2D eigenvalue weighted by atomic mass is 32.2. The van der Waals surface area contributed by atoms with Crippen LogP contribution in [0.3, 0.4) is 0 Å². The SMILES string of the molecule is O=C1c2ccccc2C(=O)c2nc(CS(=O)(=O)c3cccc(C(F)(F)F)c3)c(CS(=O)(=O)c3cccc(C(F)(F)F)c3)nc21. The fraction of sp³-hybridized carbons (Fsp3) is 0.143. The van der Waals surface area contributed by atoms with Gasteiger partial charge in [0, 0.05) is 11.1 Å². The van der Waals surface area contributed by atoms with Crippen LogP contribution in [0.5, 0.6) is 0 Å². The summed E-state index contributed by atoms with van der Waals surface area (Å²) in [5.74, 6) is -4.23. The van der Waals surface area contributed by atoms with Gasteiger partial charge in [-0.1, -0.05) is 36.4 Å². The molecule has 1 aromatic heterocycles. The minimum atomic E-state index is -4.90. The van der Waals surface area contributed by atoms with E-state index in [1.807, 2.05) is 0 Å². The zero-order valence-electron chi connectivity index (χ0n) is 21.8. The quantitative estimate of drug-likeness (QED) is 0.228. The normalized spacial score (nSPS) is 13.9. The van der Waals surface area contributed by atoms with Crippen molar-refractivity contribution in [1.82, 2.24) is 9.97 Å². The Morgan fingerprint density at radius 2 is 0.909 bits per heavy atom. The van der Waals surface area contributed by atoms with Gasteiger partial charge in [-0.2, -0.15) is 26.3 Å². The Balaban J connectivity index is 1.66. The number of halogens is 6. The Hall–Kier alpha value is -4.44. The maximum atomic E-state index is 13.3. The molecule has 3 aromatic carbocycles. The molecule has 8 nitrogen and oxygen atoms in total. The van der Waals surface area contributed by atoms with Gasteiger partial charge in [0.15, 0.2) is 19.7 Å². The molecule has 1 aliphatic rings. The number of nitrogens with zero attached hydrogens (tertiary/aromatic N) is 2. The topological polar surface area (TPSA) is 128 Å². The lowest BCUT2D eigenvalue weighted by Gasteiger charge is -2.19. The maximum Gasteiger partial charge on any atom is 0.416 e. The van der Waals surface area contributed by atoms with Crippen molar-refractivity contribution in [2.24, 2.45) is 0 Å². The summed E-state index contributed by atoms with van der Waals surface area (Å²) in [5.41, 5.74) is -5.42. The highest BCUT2D eigenvalue weighted by Crippen LogP contribution is 2.34. The lowest BCUT2D eigenvalue weighted by atomic mass is 9.89. The first-order valence-corrected chi connectivity index (χ1v) is 15.6. The van der Waals surface area contributed by atoms with E-state index < -0.39 is 98.8 Å². The molecule has 16 heteroatoms. The monoisotopic (exact) mass is 654 g/mol. The molecule has 0 bridgehead atoms. The smallest absolute Gasteiger partial charge is 0.287 e. The number of sulfone groups is 2. The molecule has 1 aliphatic carbocycles. The summed E-state index contributed by atoms with van der Waals surface area (Å²) in [7, 11) is -9.45. The molecule has 0 saturated heterocycles. The predicted octanol–water partition coefficient (Wildman–Crippen LogP) is 5.24. The first-order valence-electron chi connectivity index (χ1n) is 12.3. The number of benzene rings is 3. The lowest BCUT2D eigenvalue weighted by Crippen LogP contribution is -2.27. The molecule has 0 atom stereocenters. The lowest BCUT2D eigenvalue weighted by molar-refractivity contribution is -0.138. The van der Waals surface area contributed by atoms with Gasteiger partial charge >= 0.3 is 12.4 Å². The highest BCUT2D eigenvalue weighted by molar-refractivity contribution is 7.91. The largest absolute Gasteiger partial charge is 0.416 e. The van der Waals surface area contributed by atoms with Crippen molar-refractivity contribution in [3.63, 3.8) is 0 Å². The molecule has 0 N–H and O–H groups in total. The molecule has 1 heterocycles. The van der Waals surface area contributed by atoms with E-state index in [-0.39, 0.29) is 11.1 Å². The Morgan fingerprint density at radius 1 is 0.545 bits per heavy atom. The molecule has 0 aliphatic heterocycles. The van der Waals surface area contributed by atoms with Crippen LogP contribution in [0.2, 0.25) is 0 Å². The molecule has 0 unspecified atom stereocenters. The summed E-state index contributed by atoms with van der Waals surface area (Å²) in [6.45, 7) is 0. The van der Waals surface area contributed by atoms with E-state index in [1.165, 1.54) is 24.3 Å². The van der Waals surface area contributed by atoms with E-state index in [0.717, 1.165) is 24.3 Å². The van der Waals surface area contributed by atoms with Gasteiger partial charge in [-0.05, 0) is 36.4 Å². The first-order chi connectivity index (χ1) is 20.4. The average molecular weight is 655 g/mol. The van der Waals surface area contributed by atoms with Gasteiger partial charge in [-0.25, -0.2) is 26.8 Å². The van der Waals surface area contributed by atoms with Crippen molar-refractivity contribution in [2.75, 3.05) is 0 Å². The van der Waals surface area contributed by atoms with Crippen molar-refractivity contribution in [3.05, 3.63) is 118 Å². The van der Waals surface area contributed by atoms with Gasteiger partial charge in [0.2, 0.25) is 11.6 Å². The van der Waals surface area contributed by atoms with Crippen LogP contribution in [0.4, 0.5) is 26.3 Å². The second-order valence-corrected chi connectivity index (χ2v) is 13.6. The standard InChI is InChI=1S/C28H16F6N2O6S2/c29-27(30,31)15-5-3-7-17(11-15)43(39,40)13-21-22(14-44(41,42)18-8-4-6-16(12-18)28(32,33)34)36-24-23(35-21)25(37)19-9-1-2-10-20(19)26(24)38/h1-12H,13-14H2. The zero-order chi connectivity index (χ0) is 32.2. The first kappa shape index (κ1) is 31.0. The van der Waals surface area contributed by atoms with E-state index in [4.69, 9.17) is 0 Å². The van der Waals surface area contributed by atoms with Crippen LogP contribution in [0.25, 0.3) is 0 Å². The third-order valence-corrected chi connectivity index (χ3v) is 9.84. The molecule has 0 fully saturated rings. The number of alkyl halides is 6. The second-order valence-electron chi connectivity index (χ2n) is 9.59. The minimum Gasteiger partial charge on any atom is -0.287 e. The van der Waals surface area contributed by atoms with Gasteiger partial charge in [-0.3, -0.25) is 9.59 Å². The molecule has 0 spiro atoms. The summed E-state index contributed by atoms with van der Waals surface area (Å²) in [4.78, 5) is 32.7. The van der Waals surface area contributed by atoms with Crippen LogP contribution in [0.15, 0.2) is 82.6 Å². The third kappa shape index (κ3) is 5.86. The number of hydrogen-bond donors (Lipinski definition) is 0. The molecule has 0 amide bonds. The van der Waals surface area contributed by atoms with Gasteiger partial charge < -0.3 is 0 Å². The Labute approximate surface area is 245 Å². The minimum absolute atomic E-state index is 0.102. The Bertz CT molecular complexity index is 1930. The van der Waals surface area contributed by atoms with Gasteiger partial charge in [0.25, 0.3) is 0 Å². The van der Waals surface area contributed by atoms with E-state index in [2.05, 4.69) is 9.97 Å². The summed E-state index contributed by atoms with van der Waals surface area (Å²) >= 11 is 0. The molecule has 228 valence electrons. The molecule has 5 rings (SSSR count). The maximum absolute atomic E-state index is 13.3. The second kappa shape index (κ2) is 10.6. The number of hydrogen-bond acceptors (Lipinski definition) is 8. The fourth-order valence-corrected chi connectivity index (χ4v) is 7.15. The predicted molar refractivity (Wildman–Crippen MR) is 140 cm³/mol. The van der Waals surface area contributed by atoms with Crippen LogP contribution in [-0.2, 0) is 43.5 Å². The Morgan fingerprint density at radius 3 is 1.25 bits per heavy atom. The summed E-state index contributed by atoms with van der Waals surface area (Å²) in [6.07, 6.45) is -9.80. The van der Waals surface area contributed by atoms with Crippen molar-refractivity contribution in [2.45, 2.75) is 33.6 Å². The van der Waals surface area contributed by atoms with E-state index in [1.54, 1.807) is 0 Å². The molecule has 44 heavy (non-hydrogen) atoms. The Kier molecular flexibility index (Phi) is 7.48.